The normalized spacial score (nSPS) is 22.3. The summed E-state index contributed by atoms with van der Waals surface area (Å²) in [5.41, 5.74) is 0.897. The van der Waals surface area contributed by atoms with Crippen LogP contribution < -0.4 is 4.74 Å². The van der Waals surface area contributed by atoms with E-state index in [1.807, 2.05) is 12.1 Å². The number of rotatable bonds is 17. The van der Waals surface area contributed by atoms with Crippen molar-refractivity contribution in [2.75, 3.05) is 41.0 Å². The number of methoxy groups -OCH3 is 2. The first-order valence-corrected chi connectivity index (χ1v) is 15.9. The Kier molecular flexibility index (Phi) is 10.6. The van der Waals surface area contributed by atoms with Crippen molar-refractivity contribution in [2.24, 2.45) is 5.92 Å². The molecule has 3 rings (SSSR count). The molecular weight excluding hydrogens is 488 g/mol. The van der Waals surface area contributed by atoms with E-state index < -0.39 is 13.9 Å². The van der Waals surface area contributed by atoms with Crippen LogP contribution in [0.5, 0.6) is 5.75 Å². The summed E-state index contributed by atoms with van der Waals surface area (Å²) in [5, 5.41) is 0. The van der Waals surface area contributed by atoms with Crippen LogP contribution in [0, 0.1) is 5.92 Å². The van der Waals surface area contributed by atoms with Crippen molar-refractivity contribution in [1.29, 1.82) is 0 Å². The fraction of sp³-hybridized carbons (Fsp3) is 0.786. The number of likely N-dealkylation sites (tertiary alicyclic amines) is 1. The van der Waals surface area contributed by atoms with Gasteiger partial charge in [-0.25, -0.2) is 0 Å². The van der Waals surface area contributed by atoms with Gasteiger partial charge in [0, 0.05) is 38.6 Å². The molecular formula is C28H48N2O6Si. The zero-order chi connectivity index (χ0) is 27.2. The zero-order valence-electron chi connectivity index (χ0n) is 24.1. The summed E-state index contributed by atoms with van der Waals surface area (Å²) in [6.07, 6.45) is 5.74. The first-order valence-electron chi connectivity index (χ1n) is 13.8. The molecule has 37 heavy (non-hydrogen) atoms. The molecule has 0 aromatic carbocycles. The quantitative estimate of drug-likeness (QED) is 0.154. The third kappa shape index (κ3) is 6.56. The lowest BCUT2D eigenvalue weighted by molar-refractivity contribution is -0.237. The molecule has 0 bridgehead atoms. The molecule has 1 amide bonds. The smallest absolute Gasteiger partial charge is 0.259 e. The molecule has 0 N–H and O–H groups in total. The minimum absolute atomic E-state index is 0.00174. The lowest BCUT2D eigenvalue weighted by atomic mass is 9.79. The molecule has 2 aliphatic rings. The number of hydrogen-bond acceptors (Lipinski definition) is 7. The molecule has 2 fully saturated rings. The van der Waals surface area contributed by atoms with Gasteiger partial charge in [0.25, 0.3) is 5.91 Å². The molecule has 0 spiro atoms. The Morgan fingerprint density at radius 3 is 2.32 bits per heavy atom. The Hall–Kier alpha value is -1.52. The van der Waals surface area contributed by atoms with Crippen molar-refractivity contribution in [3.05, 3.63) is 24.0 Å². The average molecular weight is 537 g/mol. The summed E-state index contributed by atoms with van der Waals surface area (Å²) in [6, 6.07) is 3.47. The molecule has 2 heterocycles. The molecule has 1 saturated carbocycles. The van der Waals surface area contributed by atoms with Crippen LogP contribution in [-0.2, 0) is 29.9 Å². The minimum Gasteiger partial charge on any atom is -0.493 e. The predicted molar refractivity (Wildman–Crippen MR) is 146 cm³/mol. The standard InChI is InChI=1S/C28H48N2O6Si/c1-20(2)37(21(3)4,22(5)6)36-17-26-28(35-19-33-8,27(31)30(26)18-32-7)16-24-15-25(11-13-29-24)34-14-12-23-9-10-23/h11,13,15,20-23,26H,9-10,12,14,16-19H2,1-8H3/t26-,28+/m0/s1. The molecule has 1 aromatic heterocycles. The van der Waals surface area contributed by atoms with Crippen molar-refractivity contribution in [2.45, 2.75) is 95.5 Å². The Morgan fingerprint density at radius 1 is 1.08 bits per heavy atom. The first-order chi connectivity index (χ1) is 17.6. The van der Waals surface area contributed by atoms with Crippen molar-refractivity contribution in [3.63, 3.8) is 0 Å². The minimum atomic E-state index is -2.16. The molecule has 0 unspecified atom stereocenters. The number of β-lactam (4-membered cyclic amide) rings is 1. The van der Waals surface area contributed by atoms with E-state index in [0.29, 0.717) is 36.3 Å². The Labute approximate surface area is 224 Å². The fourth-order valence-corrected chi connectivity index (χ4v) is 11.6. The number of amides is 1. The van der Waals surface area contributed by atoms with Crippen LogP contribution >= 0.6 is 0 Å². The van der Waals surface area contributed by atoms with E-state index in [9.17, 15) is 4.79 Å². The van der Waals surface area contributed by atoms with Crippen LogP contribution in [0.2, 0.25) is 16.6 Å². The SMILES string of the molecule is COCO[C@@]1(Cc2cc(OCCC3CC3)ccn2)C(=O)N(COC)[C@H]1CO[Si](C(C)C)(C(C)C)C(C)C. The van der Waals surface area contributed by atoms with E-state index in [1.165, 1.54) is 12.8 Å². The first kappa shape index (κ1) is 30.0. The molecule has 9 heteroatoms. The maximum Gasteiger partial charge on any atom is 0.259 e. The summed E-state index contributed by atoms with van der Waals surface area (Å²) in [7, 11) is 1.00. The van der Waals surface area contributed by atoms with Gasteiger partial charge in [0.05, 0.1) is 19.3 Å². The van der Waals surface area contributed by atoms with E-state index in [4.69, 9.17) is 23.4 Å². The van der Waals surface area contributed by atoms with Crippen molar-refractivity contribution >= 4 is 14.2 Å². The number of ether oxygens (including phenoxy) is 4. The maximum absolute atomic E-state index is 13.6. The number of carbonyl (C=O) groups excluding carboxylic acids is 1. The molecule has 1 aliphatic heterocycles. The number of pyridine rings is 1. The van der Waals surface area contributed by atoms with Gasteiger partial charge in [-0.3, -0.25) is 9.78 Å². The highest BCUT2D eigenvalue weighted by atomic mass is 28.4. The van der Waals surface area contributed by atoms with Gasteiger partial charge in [-0.05, 0) is 35.0 Å². The van der Waals surface area contributed by atoms with E-state index in [0.717, 1.165) is 23.8 Å². The predicted octanol–water partition coefficient (Wildman–Crippen LogP) is 5.17. The van der Waals surface area contributed by atoms with Gasteiger partial charge in [0.15, 0.2) is 13.9 Å². The van der Waals surface area contributed by atoms with Crippen molar-refractivity contribution in [1.82, 2.24) is 9.88 Å². The van der Waals surface area contributed by atoms with Crippen LogP contribution in [0.4, 0.5) is 0 Å². The average Bonchev–Trinajstić information content (AvgIpc) is 3.67. The Bertz CT molecular complexity index is 856. The molecule has 2 atom stereocenters. The second kappa shape index (κ2) is 13.0. The highest BCUT2D eigenvalue weighted by Gasteiger charge is 2.63. The van der Waals surface area contributed by atoms with Gasteiger partial charge in [0.2, 0.25) is 0 Å². The van der Waals surface area contributed by atoms with E-state index in [-0.39, 0.29) is 25.5 Å². The van der Waals surface area contributed by atoms with Gasteiger partial charge in [-0.1, -0.05) is 54.4 Å². The lowest BCUT2D eigenvalue weighted by Gasteiger charge is -2.56. The number of nitrogens with zero attached hydrogens (tertiary/aromatic N) is 2. The number of aromatic nitrogens is 1. The lowest BCUT2D eigenvalue weighted by Crippen LogP contribution is -2.78. The molecule has 1 aliphatic carbocycles. The third-order valence-corrected chi connectivity index (χ3v) is 14.2. The summed E-state index contributed by atoms with van der Waals surface area (Å²) < 4.78 is 29.8. The van der Waals surface area contributed by atoms with Crippen LogP contribution in [0.15, 0.2) is 18.3 Å². The van der Waals surface area contributed by atoms with Gasteiger partial charge in [0.1, 0.15) is 19.3 Å². The molecule has 210 valence electrons. The molecule has 8 nitrogen and oxygen atoms in total. The maximum atomic E-state index is 13.6. The van der Waals surface area contributed by atoms with Gasteiger partial charge in [-0.15, -0.1) is 0 Å². The van der Waals surface area contributed by atoms with E-state index in [1.54, 1.807) is 25.3 Å². The second-order valence-electron chi connectivity index (χ2n) is 11.5. The summed E-state index contributed by atoms with van der Waals surface area (Å²) in [5.74, 6) is 1.45. The van der Waals surface area contributed by atoms with Crippen molar-refractivity contribution < 1.29 is 28.2 Å². The highest BCUT2D eigenvalue weighted by molar-refractivity contribution is 6.77. The number of hydrogen-bond donors (Lipinski definition) is 0. The van der Waals surface area contributed by atoms with Crippen LogP contribution in [0.1, 0.15) is 66.5 Å². The van der Waals surface area contributed by atoms with E-state index >= 15 is 0 Å². The van der Waals surface area contributed by atoms with Crippen LogP contribution in [-0.4, -0.2) is 76.7 Å². The van der Waals surface area contributed by atoms with Crippen molar-refractivity contribution in [3.8, 4) is 5.75 Å². The topological polar surface area (TPSA) is 79.4 Å². The number of carbonyl (C=O) groups is 1. The van der Waals surface area contributed by atoms with Crippen LogP contribution in [0.25, 0.3) is 0 Å². The molecule has 1 saturated heterocycles. The zero-order valence-corrected chi connectivity index (χ0v) is 25.1. The largest absolute Gasteiger partial charge is 0.493 e. The van der Waals surface area contributed by atoms with Crippen LogP contribution in [0.3, 0.4) is 0 Å². The summed E-state index contributed by atoms with van der Waals surface area (Å²) in [4.78, 5) is 19.9. The van der Waals surface area contributed by atoms with Gasteiger partial charge < -0.3 is 28.3 Å². The Morgan fingerprint density at radius 2 is 1.76 bits per heavy atom. The van der Waals surface area contributed by atoms with E-state index in [2.05, 4.69) is 46.5 Å². The molecule has 1 aromatic rings. The summed E-state index contributed by atoms with van der Waals surface area (Å²) in [6.45, 7) is 14.8. The second-order valence-corrected chi connectivity index (χ2v) is 17.0. The Balaban J connectivity index is 1.85. The molecule has 0 radical (unpaired) electrons. The fourth-order valence-electron chi connectivity index (χ4n) is 6.18. The highest BCUT2D eigenvalue weighted by Crippen LogP contribution is 2.45. The third-order valence-electron chi connectivity index (χ3n) is 8.16. The van der Waals surface area contributed by atoms with Gasteiger partial charge >= 0.3 is 0 Å². The summed E-state index contributed by atoms with van der Waals surface area (Å²) >= 11 is 0. The monoisotopic (exact) mass is 536 g/mol. The van der Waals surface area contributed by atoms with Gasteiger partial charge in [-0.2, -0.15) is 0 Å².